The summed E-state index contributed by atoms with van der Waals surface area (Å²) >= 11 is 0. The van der Waals surface area contributed by atoms with Crippen molar-refractivity contribution in [3.63, 3.8) is 0 Å². The molecule has 44 heavy (non-hydrogen) atoms. The Kier molecular flexibility index (Phi) is 11.9. The van der Waals surface area contributed by atoms with Crippen LogP contribution >= 0.6 is 0 Å². The molecule has 0 aliphatic heterocycles. The summed E-state index contributed by atoms with van der Waals surface area (Å²) in [6.07, 6.45) is 8.67. The summed E-state index contributed by atoms with van der Waals surface area (Å²) in [7, 11) is -6.89. The second-order valence-corrected chi connectivity index (χ2v) is 13.8. The van der Waals surface area contributed by atoms with Gasteiger partial charge in [-0.1, -0.05) is 38.8 Å². The maximum Gasteiger partial charge on any atom is 0.306 e. The van der Waals surface area contributed by atoms with Gasteiger partial charge in [-0.25, -0.2) is 13.4 Å². The van der Waals surface area contributed by atoms with Gasteiger partial charge in [-0.15, -0.1) is 0 Å². The number of rotatable bonds is 12. The lowest BCUT2D eigenvalue weighted by Gasteiger charge is -2.12. The highest BCUT2D eigenvalue weighted by atomic mass is 32.2. The smallest absolute Gasteiger partial charge is 0.306 e. The Hall–Kier alpha value is -4.36. The third kappa shape index (κ3) is 11.7. The number of aryl methyl sites for hydroxylation is 2. The Morgan fingerprint density at radius 3 is 1.80 bits per heavy atom. The molecule has 0 atom stereocenters. The molecule has 0 aliphatic carbocycles. The topological polar surface area (TPSA) is 168 Å². The molecule has 0 unspecified atom stereocenters. The van der Waals surface area contributed by atoms with E-state index in [-0.39, 0.29) is 23.0 Å². The molecule has 0 saturated heterocycles. The number of phenolic OH excluding ortho intramolecular Hbond substituents is 1. The van der Waals surface area contributed by atoms with Gasteiger partial charge in [0.2, 0.25) is 0 Å². The van der Waals surface area contributed by atoms with Gasteiger partial charge >= 0.3 is 10.1 Å². The van der Waals surface area contributed by atoms with Gasteiger partial charge in [0, 0.05) is 6.26 Å². The van der Waals surface area contributed by atoms with E-state index in [1.165, 1.54) is 12.4 Å². The molecule has 0 fully saturated rings. The molecular formula is C31H37N3O8S2. The number of hydrogen-bond donors (Lipinski definition) is 2. The van der Waals surface area contributed by atoms with E-state index in [0.717, 1.165) is 49.3 Å². The van der Waals surface area contributed by atoms with Crippen LogP contribution < -0.4 is 19.4 Å². The molecule has 0 amide bonds. The zero-order valence-electron chi connectivity index (χ0n) is 25.1. The highest BCUT2D eigenvalue weighted by molar-refractivity contribution is 7.89. The number of phenols is 1. The first-order chi connectivity index (χ1) is 20.7. The average molecular weight is 644 g/mol. The predicted octanol–water partition coefficient (Wildman–Crippen LogP) is 5.82. The fourth-order valence-corrected chi connectivity index (χ4v) is 5.10. The van der Waals surface area contributed by atoms with Gasteiger partial charge in [-0.05, 0) is 72.5 Å². The normalized spacial score (nSPS) is 11.3. The van der Waals surface area contributed by atoms with E-state index in [1.807, 2.05) is 19.1 Å². The third-order valence-corrected chi connectivity index (χ3v) is 7.07. The highest BCUT2D eigenvalue weighted by Gasteiger charge is 2.14. The van der Waals surface area contributed by atoms with Gasteiger partial charge in [0.05, 0.1) is 30.1 Å². The van der Waals surface area contributed by atoms with Crippen molar-refractivity contribution in [3.8, 4) is 34.5 Å². The van der Waals surface area contributed by atoms with Gasteiger partial charge < -0.3 is 24.5 Å². The van der Waals surface area contributed by atoms with Crippen LogP contribution in [-0.2, 0) is 38.5 Å². The number of anilines is 1. The number of nitrogen functional groups attached to an aromatic ring is 1. The Labute approximate surface area is 258 Å². The van der Waals surface area contributed by atoms with Crippen molar-refractivity contribution >= 4 is 25.8 Å². The van der Waals surface area contributed by atoms with Gasteiger partial charge in [-0.2, -0.15) is 8.42 Å². The SMILES string of the molecule is CCCc1ccc(Oc2ccc(CS(C)(=O)=O)nc2)c(OS(C)(=O)=O)c1.CCCc1ccc(Oc2ccc(N)nc2)c(O)c1. The van der Waals surface area contributed by atoms with Crippen LogP contribution in [0.4, 0.5) is 5.82 Å². The van der Waals surface area contributed by atoms with Crippen molar-refractivity contribution in [2.75, 3.05) is 18.2 Å². The second kappa shape index (κ2) is 15.4. The zero-order valence-corrected chi connectivity index (χ0v) is 26.7. The molecule has 0 aliphatic rings. The molecule has 13 heteroatoms. The van der Waals surface area contributed by atoms with Crippen molar-refractivity contribution < 1.29 is 35.6 Å². The molecule has 2 aromatic carbocycles. The Morgan fingerprint density at radius 2 is 1.30 bits per heavy atom. The minimum atomic E-state index is -3.71. The molecule has 0 saturated carbocycles. The molecule has 2 aromatic heterocycles. The number of ether oxygens (including phenoxy) is 2. The lowest BCUT2D eigenvalue weighted by molar-refractivity contribution is 0.410. The summed E-state index contributed by atoms with van der Waals surface area (Å²) < 4.78 is 61.8. The summed E-state index contributed by atoms with van der Waals surface area (Å²) in [4.78, 5) is 7.97. The minimum Gasteiger partial charge on any atom is -0.504 e. The Balaban J connectivity index is 0.000000257. The van der Waals surface area contributed by atoms with E-state index in [9.17, 15) is 21.9 Å². The van der Waals surface area contributed by atoms with Crippen molar-refractivity contribution in [2.45, 2.75) is 45.3 Å². The maximum atomic E-state index is 11.5. The second-order valence-electron chi connectivity index (χ2n) is 10.0. The average Bonchev–Trinajstić information content (AvgIpc) is 2.93. The molecule has 0 bridgehead atoms. The van der Waals surface area contributed by atoms with Gasteiger partial charge in [-0.3, -0.25) is 4.98 Å². The summed E-state index contributed by atoms with van der Waals surface area (Å²) in [6.45, 7) is 4.12. The molecule has 3 N–H and O–H groups in total. The first-order valence-corrected chi connectivity index (χ1v) is 17.7. The molecule has 0 radical (unpaired) electrons. The number of nitrogens with two attached hydrogens (primary N) is 1. The van der Waals surface area contributed by atoms with Crippen molar-refractivity contribution in [1.29, 1.82) is 0 Å². The van der Waals surface area contributed by atoms with Crippen LogP contribution in [-0.4, -0.2) is 44.4 Å². The predicted molar refractivity (Wildman–Crippen MR) is 170 cm³/mol. The molecule has 236 valence electrons. The van der Waals surface area contributed by atoms with Crippen LogP contribution in [0.15, 0.2) is 73.1 Å². The monoisotopic (exact) mass is 643 g/mol. The number of benzene rings is 2. The molecule has 11 nitrogen and oxygen atoms in total. The molecule has 0 spiro atoms. The number of aromatic nitrogens is 2. The summed E-state index contributed by atoms with van der Waals surface area (Å²) in [5, 5.41) is 9.86. The quantitative estimate of drug-likeness (QED) is 0.178. The standard InChI is InChI=1S/C17H21NO6S2.C14H16N2O2/c1-4-5-13-6-9-16(17(10-13)24-26(3,21)22)23-15-8-7-14(18-11-15)12-25(2,19)20;1-2-3-10-4-6-13(12(17)8-10)18-11-5-7-14(15)16-9-11/h6-11H,4-5,12H2,1-3H3;4-9,17H,2-3H2,1H3,(H2,15,16). The molecule has 2 heterocycles. The number of nitrogens with zero attached hydrogens (tertiary/aromatic N) is 2. The van der Waals surface area contributed by atoms with E-state index in [1.54, 1.807) is 48.5 Å². The fourth-order valence-electron chi connectivity index (χ4n) is 3.93. The van der Waals surface area contributed by atoms with Crippen LogP contribution in [0.25, 0.3) is 0 Å². The van der Waals surface area contributed by atoms with Crippen LogP contribution in [0.1, 0.15) is 43.5 Å². The summed E-state index contributed by atoms with van der Waals surface area (Å²) in [5.74, 6) is 2.03. The largest absolute Gasteiger partial charge is 0.504 e. The van der Waals surface area contributed by atoms with Crippen LogP contribution in [0.5, 0.6) is 34.5 Å². The Morgan fingerprint density at radius 1 is 0.727 bits per heavy atom. The van der Waals surface area contributed by atoms with E-state index in [4.69, 9.17) is 19.4 Å². The Bertz CT molecular complexity index is 1740. The van der Waals surface area contributed by atoms with Gasteiger partial charge in [0.15, 0.2) is 32.8 Å². The van der Waals surface area contributed by atoms with E-state index in [0.29, 0.717) is 28.8 Å². The van der Waals surface area contributed by atoms with Gasteiger partial charge in [0.25, 0.3) is 0 Å². The number of sulfone groups is 1. The highest BCUT2D eigenvalue weighted by Crippen LogP contribution is 2.34. The number of aromatic hydroxyl groups is 1. The van der Waals surface area contributed by atoms with Crippen molar-refractivity contribution in [3.05, 3.63) is 89.9 Å². The van der Waals surface area contributed by atoms with Gasteiger partial charge in [0.1, 0.15) is 17.3 Å². The van der Waals surface area contributed by atoms with E-state index >= 15 is 0 Å². The van der Waals surface area contributed by atoms with Crippen molar-refractivity contribution in [2.24, 2.45) is 0 Å². The van der Waals surface area contributed by atoms with E-state index < -0.39 is 20.0 Å². The lowest BCUT2D eigenvalue weighted by Crippen LogP contribution is -2.07. The van der Waals surface area contributed by atoms with Crippen LogP contribution in [0, 0.1) is 0 Å². The van der Waals surface area contributed by atoms with Crippen LogP contribution in [0.2, 0.25) is 0 Å². The minimum absolute atomic E-state index is 0.0960. The maximum absolute atomic E-state index is 11.5. The van der Waals surface area contributed by atoms with Crippen molar-refractivity contribution in [1.82, 2.24) is 9.97 Å². The molecule has 4 aromatic rings. The molecule has 4 rings (SSSR count). The zero-order chi connectivity index (χ0) is 32.3. The lowest BCUT2D eigenvalue weighted by atomic mass is 10.1. The first kappa shape index (κ1) is 34.1. The van der Waals surface area contributed by atoms with Crippen LogP contribution in [0.3, 0.4) is 0 Å². The number of hydrogen-bond acceptors (Lipinski definition) is 11. The summed E-state index contributed by atoms with van der Waals surface area (Å²) in [6, 6.07) is 17.0. The molecular weight excluding hydrogens is 606 g/mol. The number of pyridine rings is 2. The fraction of sp³-hybridized carbons (Fsp3) is 0.290. The van der Waals surface area contributed by atoms with E-state index in [2.05, 4.69) is 16.9 Å². The summed E-state index contributed by atoms with van der Waals surface area (Å²) in [5.41, 5.74) is 7.91. The third-order valence-electron chi connectivity index (χ3n) is 5.77. The first-order valence-electron chi connectivity index (χ1n) is 13.8.